The molecular weight excluding hydrogens is 270 g/mol. The second-order valence-electron chi connectivity index (χ2n) is 4.47. The number of ether oxygens (including phenoxy) is 1. The van der Waals surface area contributed by atoms with E-state index in [9.17, 15) is 4.79 Å². The fraction of sp³-hybridized carbons (Fsp3) is 0.417. The highest BCUT2D eigenvalue weighted by Gasteiger charge is 2.20. The number of nitrogens with zero attached hydrogens (tertiary/aromatic N) is 3. The summed E-state index contributed by atoms with van der Waals surface area (Å²) in [6, 6.07) is 0. The molecule has 0 aliphatic carbocycles. The van der Waals surface area contributed by atoms with Crippen molar-refractivity contribution < 1.29 is 14.1 Å². The van der Waals surface area contributed by atoms with Crippen LogP contribution in [0.25, 0.3) is 0 Å². The number of aryl methyl sites for hydroxylation is 1. The van der Waals surface area contributed by atoms with Gasteiger partial charge in [0.2, 0.25) is 0 Å². The van der Waals surface area contributed by atoms with Crippen LogP contribution < -0.4 is 0 Å². The van der Waals surface area contributed by atoms with E-state index in [1.807, 2.05) is 13.8 Å². The fourth-order valence-corrected chi connectivity index (χ4v) is 1.85. The molecule has 0 aliphatic heterocycles. The quantitative estimate of drug-likeness (QED) is 0.807. The molecule has 0 fully saturated rings. The van der Waals surface area contributed by atoms with Gasteiger partial charge in [0.15, 0.2) is 10.8 Å². The molecule has 0 radical (unpaired) electrons. The summed E-state index contributed by atoms with van der Waals surface area (Å²) in [5, 5.41) is 7.95. The van der Waals surface area contributed by atoms with E-state index < -0.39 is 5.97 Å². The van der Waals surface area contributed by atoms with E-state index in [1.54, 1.807) is 17.9 Å². The first-order valence-electron chi connectivity index (χ1n) is 5.78. The zero-order chi connectivity index (χ0) is 14.0. The van der Waals surface area contributed by atoms with Crippen LogP contribution >= 0.6 is 11.6 Å². The van der Waals surface area contributed by atoms with Crippen LogP contribution in [0.5, 0.6) is 0 Å². The van der Waals surface area contributed by atoms with E-state index >= 15 is 0 Å². The summed E-state index contributed by atoms with van der Waals surface area (Å²) in [5.74, 6) is -0.395. The Morgan fingerprint density at radius 3 is 2.89 bits per heavy atom. The standard InChI is InChI=1S/C12H14ClN3O3/c1-7(2)9-6-19-15-10(9)12(17)18-5-8-4-16(3)14-11(8)13/h4,6-7H,5H2,1-3H3. The minimum absolute atomic E-state index is 0.0515. The number of esters is 1. The van der Waals surface area contributed by atoms with Crippen LogP contribution in [0.1, 0.15) is 41.4 Å². The number of rotatable bonds is 4. The van der Waals surface area contributed by atoms with Crippen LogP contribution in [0.4, 0.5) is 0 Å². The Kier molecular flexibility index (Phi) is 3.90. The molecule has 0 saturated carbocycles. The Balaban J connectivity index is 2.05. The van der Waals surface area contributed by atoms with Crippen molar-refractivity contribution in [1.82, 2.24) is 14.9 Å². The lowest BCUT2D eigenvalue weighted by Gasteiger charge is -2.04. The predicted molar refractivity (Wildman–Crippen MR) is 67.9 cm³/mol. The van der Waals surface area contributed by atoms with Gasteiger partial charge >= 0.3 is 5.97 Å². The van der Waals surface area contributed by atoms with E-state index in [0.717, 1.165) is 5.56 Å². The van der Waals surface area contributed by atoms with E-state index in [0.29, 0.717) is 10.7 Å². The molecule has 19 heavy (non-hydrogen) atoms. The Hall–Kier alpha value is -1.82. The molecule has 0 bridgehead atoms. The van der Waals surface area contributed by atoms with Gasteiger partial charge in [-0.1, -0.05) is 30.6 Å². The molecule has 0 spiro atoms. The molecule has 2 heterocycles. The number of halogens is 1. The normalized spacial score (nSPS) is 11.0. The number of carbonyl (C=O) groups excluding carboxylic acids is 1. The van der Waals surface area contributed by atoms with Crippen LogP contribution in [0.3, 0.4) is 0 Å². The number of hydrogen-bond acceptors (Lipinski definition) is 5. The molecule has 6 nitrogen and oxygen atoms in total. The van der Waals surface area contributed by atoms with Crippen molar-refractivity contribution in [1.29, 1.82) is 0 Å². The first-order valence-corrected chi connectivity index (χ1v) is 6.16. The van der Waals surface area contributed by atoms with Crippen molar-refractivity contribution in [3.63, 3.8) is 0 Å². The molecule has 7 heteroatoms. The van der Waals surface area contributed by atoms with E-state index in [1.165, 1.54) is 6.26 Å². The summed E-state index contributed by atoms with van der Waals surface area (Å²) in [4.78, 5) is 11.9. The third kappa shape index (κ3) is 2.96. The van der Waals surface area contributed by atoms with Crippen LogP contribution in [-0.4, -0.2) is 20.9 Å². The van der Waals surface area contributed by atoms with Gasteiger partial charge in [-0.2, -0.15) is 5.10 Å². The molecule has 0 N–H and O–H groups in total. The number of hydrogen-bond donors (Lipinski definition) is 0. The molecule has 0 atom stereocenters. The lowest BCUT2D eigenvalue weighted by atomic mass is 10.0. The molecule has 2 rings (SSSR count). The van der Waals surface area contributed by atoms with E-state index in [4.69, 9.17) is 20.9 Å². The largest absolute Gasteiger partial charge is 0.456 e. The summed E-state index contributed by atoms with van der Waals surface area (Å²) in [5.41, 5.74) is 1.57. The van der Waals surface area contributed by atoms with Gasteiger partial charge in [-0.15, -0.1) is 0 Å². The summed E-state index contributed by atoms with van der Waals surface area (Å²) in [6.45, 7) is 3.94. The summed E-state index contributed by atoms with van der Waals surface area (Å²) in [6.07, 6.45) is 3.15. The first-order chi connectivity index (χ1) is 8.99. The van der Waals surface area contributed by atoms with Gasteiger partial charge in [-0.25, -0.2) is 4.79 Å². The average molecular weight is 284 g/mol. The maximum atomic E-state index is 11.9. The van der Waals surface area contributed by atoms with Crippen molar-refractivity contribution in [2.24, 2.45) is 7.05 Å². The Labute approximate surface area is 115 Å². The second-order valence-corrected chi connectivity index (χ2v) is 4.83. The number of aromatic nitrogens is 3. The fourth-order valence-electron chi connectivity index (χ4n) is 1.63. The Morgan fingerprint density at radius 1 is 1.58 bits per heavy atom. The Bertz CT molecular complexity index is 589. The molecule has 0 aliphatic rings. The molecule has 0 unspecified atom stereocenters. The van der Waals surface area contributed by atoms with Crippen LogP contribution in [0, 0.1) is 0 Å². The van der Waals surface area contributed by atoms with Gasteiger partial charge in [0.1, 0.15) is 12.9 Å². The maximum absolute atomic E-state index is 11.9. The van der Waals surface area contributed by atoms with Crippen LogP contribution in [-0.2, 0) is 18.4 Å². The van der Waals surface area contributed by atoms with Gasteiger partial charge in [0.05, 0.1) is 0 Å². The summed E-state index contributed by atoms with van der Waals surface area (Å²) >= 11 is 5.88. The summed E-state index contributed by atoms with van der Waals surface area (Å²) in [7, 11) is 1.74. The first kappa shape index (κ1) is 13.6. The van der Waals surface area contributed by atoms with E-state index in [-0.39, 0.29) is 18.2 Å². The molecule has 2 aromatic heterocycles. The highest BCUT2D eigenvalue weighted by Crippen LogP contribution is 2.20. The second kappa shape index (κ2) is 5.44. The zero-order valence-corrected chi connectivity index (χ0v) is 11.6. The molecule has 102 valence electrons. The lowest BCUT2D eigenvalue weighted by Crippen LogP contribution is -2.08. The smallest absolute Gasteiger partial charge is 0.361 e. The molecule has 0 amide bonds. The van der Waals surface area contributed by atoms with Gasteiger partial charge in [0.25, 0.3) is 0 Å². The molecule has 2 aromatic rings. The summed E-state index contributed by atoms with van der Waals surface area (Å²) < 4.78 is 11.5. The molecule has 0 saturated heterocycles. The molecule has 0 aromatic carbocycles. The zero-order valence-electron chi connectivity index (χ0n) is 10.9. The van der Waals surface area contributed by atoms with Crippen molar-refractivity contribution in [2.75, 3.05) is 0 Å². The highest BCUT2D eigenvalue weighted by atomic mass is 35.5. The monoisotopic (exact) mass is 283 g/mol. The lowest BCUT2D eigenvalue weighted by molar-refractivity contribution is 0.0459. The number of carbonyl (C=O) groups is 1. The van der Waals surface area contributed by atoms with Gasteiger partial charge in [-0.05, 0) is 5.92 Å². The van der Waals surface area contributed by atoms with Crippen molar-refractivity contribution in [2.45, 2.75) is 26.4 Å². The van der Waals surface area contributed by atoms with Crippen LogP contribution in [0.2, 0.25) is 5.15 Å². The van der Waals surface area contributed by atoms with Crippen molar-refractivity contribution in [3.05, 3.63) is 34.4 Å². The van der Waals surface area contributed by atoms with Gasteiger partial charge in [-0.3, -0.25) is 4.68 Å². The minimum atomic E-state index is -0.530. The highest BCUT2D eigenvalue weighted by molar-refractivity contribution is 6.30. The topological polar surface area (TPSA) is 70.2 Å². The Morgan fingerprint density at radius 2 is 2.32 bits per heavy atom. The molecular formula is C12H14ClN3O3. The minimum Gasteiger partial charge on any atom is -0.456 e. The average Bonchev–Trinajstić information content (AvgIpc) is 2.93. The van der Waals surface area contributed by atoms with Crippen molar-refractivity contribution >= 4 is 17.6 Å². The van der Waals surface area contributed by atoms with E-state index in [2.05, 4.69) is 10.3 Å². The SMILES string of the molecule is CC(C)c1conc1C(=O)OCc1cn(C)nc1Cl. The predicted octanol–water partition coefficient (Wildman–Crippen LogP) is 2.54. The maximum Gasteiger partial charge on any atom is 0.361 e. The van der Waals surface area contributed by atoms with Crippen LogP contribution in [0.15, 0.2) is 17.0 Å². The third-order valence-corrected chi connectivity index (χ3v) is 2.94. The third-order valence-electron chi connectivity index (χ3n) is 2.62. The van der Waals surface area contributed by atoms with Gasteiger partial charge in [0, 0.05) is 24.4 Å². The van der Waals surface area contributed by atoms with Gasteiger partial charge < -0.3 is 9.26 Å². The van der Waals surface area contributed by atoms with Crippen molar-refractivity contribution in [3.8, 4) is 0 Å².